The summed E-state index contributed by atoms with van der Waals surface area (Å²) in [6, 6.07) is 23.4. The summed E-state index contributed by atoms with van der Waals surface area (Å²) in [4.78, 5) is 28.1. The molecule has 9 heteroatoms. The first-order valence-electron chi connectivity index (χ1n) is 12.1. The number of aliphatic hydroxyl groups excluding tert-OH is 1. The molecule has 192 valence electrons. The summed E-state index contributed by atoms with van der Waals surface area (Å²) in [7, 11) is 0. The van der Waals surface area contributed by atoms with Crippen molar-refractivity contribution in [3.05, 3.63) is 107 Å². The Hall–Kier alpha value is -3.95. The molecule has 0 bridgehead atoms. The van der Waals surface area contributed by atoms with E-state index in [-0.39, 0.29) is 16.5 Å². The first-order valence-corrected chi connectivity index (χ1v) is 13.9. The van der Waals surface area contributed by atoms with Gasteiger partial charge in [-0.2, -0.15) is 0 Å². The second kappa shape index (κ2) is 11.2. The molecule has 1 atom stereocenters. The maximum atomic E-state index is 13.4. The summed E-state index contributed by atoms with van der Waals surface area (Å²) in [6.07, 6.45) is 0. The van der Waals surface area contributed by atoms with Gasteiger partial charge in [0.1, 0.15) is 11.5 Å². The van der Waals surface area contributed by atoms with Crippen LogP contribution in [-0.2, 0) is 15.3 Å². The lowest BCUT2D eigenvalue weighted by Crippen LogP contribution is -2.29. The van der Waals surface area contributed by atoms with E-state index in [0.717, 1.165) is 11.1 Å². The molecule has 1 N–H and O–H groups in total. The lowest BCUT2D eigenvalue weighted by atomic mass is 9.95. The molecule has 0 aliphatic carbocycles. The number of thioether (sulfide) groups is 1. The first-order chi connectivity index (χ1) is 18.5. The summed E-state index contributed by atoms with van der Waals surface area (Å²) in [5, 5.41) is 20.1. The molecule has 7 nitrogen and oxygen atoms in total. The number of aliphatic hydroxyl groups is 1. The fourth-order valence-electron chi connectivity index (χ4n) is 4.23. The van der Waals surface area contributed by atoms with E-state index < -0.39 is 17.7 Å². The second-order valence-corrected chi connectivity index (χ2v) is 10.8. The molecule has 1 unspecified atom stereocenters. The molecule has 38 heavy (non-hydrogen) atoms. The quantitative estimate of drug-likeness (QED) is 0.0935. The Kier molecular flexibility index (Phi) is 7.57. The van der Waals surface area contributed by atoms with Crippen LogP contribution < -0.4 is 9.64 Å². The van der Waals surface area contributed by atoms with Crippen molar-refractivity contribution in [3.63, 3.8) is 0 Å². The first kappa shape index (κ1) is 25.7. The maximum absolute atomic E-state index is 13.4. The monoisotopic (exact) mass is 543 g/mol. The lowest BCUT2D eigenvalue weighted by Gasteiger charge is -2.23. The molecule has 5 rings (SSSR count). The molecule has 0 spiro atoms. The van der Waals surface area contributed by atoms with Crippen LogP contribution in [0.4, 0.5) is 5.13 Å². The van der Waals surface area contributed by atoms with Gasteiger partial charge in [-0.05, 0) is 37.1 Å². The van der Waals surface area contributed by atoms with Crippen molar-refractivity contribution < 1.29 is 19.4 Å². The number of carbonyl (C=O) groups excluding carboxylic acids is 2. The van der Waals surface area contributed by atoms with E-state index in [1.807, 2.05) is 62.4 Å². The molecule has 1 fully saturated rings. The van der Waals surface area contributed by atoms with Crippen molar-refractivity contribution in [2.45, 2.75) is 30.0 Å². The van der Waals surface area contributed by atoms with Crippen LogP contribution in [0.1, 0.15) is 35.2 Å². The number of amides is 1. The third-order valence-corrected chi connectivity index (χ3v) is 8.19. The topological polar surface area (TPSA) is 92.6 Å². The fourth-order valence-corrected chi connectivity index (χ4v) is 6.05. The van der Waals surface area contributed by atoms with Crippen LogP contribution in [0, 0.1) is 6.92 Å². The summed E-state index contributed by atoms with van der Waals surface area (Å²) in [5.74, 6) is -0.477. The van der Waals surface area contributed by atoms with E-state index in [2.05, 4.69) is 10.2 Å². The van der Waals surface area contributed by atoms with E-state index in [0.29, 0.717) is 33.6 Å². The van der Waals surface area contributed by atoms with E-state index in [1.165, 1.54) is 28.0 Å². The summed E-state index contributed by atoms with van der Waals surface area (Å²) < 4.78 is 6.35. The number of ketones is 1. The van der Waals surface area contributed by atoms with Gasteiger partial charge in [0.2, 0.25) is 5.13 Å². The van der Waals surface area contributed by atoms with Gasteiger partial charge in [0, 0.05) is 11.3 Å². The smallest absolute Gasteiger partial charge is 0.301 e. The molecule has 1 saturated heterocycles. The van der Waals surface area contributed by atoms with Crippen LogP contribution in [0.5, 0.6) is 5.75 Å². The SMILES string of the molecule is CCOc1cccc(C2/C(=C(\O)c3ccc(C)cc3)C(=O)C(=O)N2c2nnc(SCc3ccccc3)s2)c1. The Bertz CT molecular complexity index is 1500. The number of Topliss-reactive ketones (excluding diaryl/α,β-unsaturated/α-hetero) is 1. The van der Waals surface area contributed by atoms with E-state index in [1.54, 1.807) is 30.3 Å². The summed E-state index contributed by atoms with van der Waals surface area (Å²) >= 11 is 2.74. The van der Waals surface area contributed by atoms with E-state index >= 15 is 0 Å². The summed E-state index contributed by atoms with van der Waals surface area (Å²) in [6.45, 7) is 4.28. The third-order valence-electron chi connectivity index (χ3n) is 6.06. The number of hydrogen-bond donors (Lipinski definition) is 1. The Morgan fingerprint density at radius 2 is 1.79 bits per heavy atom. The van der Waals surface area contributed by atoms with E-state index in [4.69, 9.17) is 4.74 Å². The van der Waals surface area contributed by atoms with Crippen molar-refractivity contribution in [1.82, 2.24) is 10.2 Å². The standard InChI is InChI=1S/C29H25N3O4S2/c1-3-36-22-11-7-10-21(16-22)24-23(25(33)20-14-12-18(2)13-15-20)26(34)27(35)32(24)28-30-31-29(38-28)37-17-19-8-5-4-6-9-19/h4-16,24,33H,3,17H2,1-2H3/b25-23+. The number of hydrogen-bond acceptors (Lipinski definition) is 8. The highest BCUT2D eigenvalue weighted by atomic mass is 32.2. The highest BCUT2D eigenvalue weighted by Crippen LogP contribution is 2.44. The molecule has 1 amide bonds. The maximum Gasteiger partial charge on any atom is 0.301 e. The zero-order chi connectivity index (χ0) is 26.6. The number of nitrogens with zero attached hydrogens (tertiary/aromatic N) is 3. The predicted molar refractivity (Wildman–Crippen MR) is 149 cm³/mol. The molecule has 3 aromatic carbocycles. The predicted octanol–water partition coefficient (Wildman–Crippen LogP) is 6.16. The number of aromatic nitrogens is 2. The van der Waals surface area contributed by atoms with Crippen molar-refractivity contribution in [1.29, 1.82) is 0 Å². The molecule has 2 heterocycles. The third kappa shape index (κ3) is 5.20. The minimum absolute atomic E-state index is 0.00110. The molecule has 1 aromatic heterocycles. The molecule has 1 aliphatic rings. The van der Waals surface area contributed by atoms with Gasteiger partial charge in [-0.15, -0.1) is 10.2 Å². The van der Waals surface area contributed by atoms with Crippen molar-refractivity contribution in [3.8, 4) is 5.75 Å². The summed E-state index contributed by atoms with van der Waals surface area (Å²) in [5.41, 5.74) is 3.23. The van der Waals surface area contributed by atoms with Gasteiger partial charge < -0.3 is 9.84 Å². The van der Waals surface area contributed by atoms with Gasteiger partial charge in [-0.25, -0.2) is 0 Å². The molecular formula is C29H25N3O4S2. The van der Waals surface area contributed by atoms with Crippen LogP contribution in [0.3, 0.4) is 0 Å². The minimum atomic E-state index is -0.892. The Morgan fingerprint density at radius 1 is 1.03 bits per heavy atom. The Balaban J connectivity index is 1.56. The van der Waals surface area contributed by atoms with Crippen LogP contribution in [0.15, 0.2) is 88.8 Å². The zero-order valence-electron chi connectivity index (χ0n) is 20.8. The highest BCUT2D eigenvalue weighted by molar-refractivity contribution is 8.00. The fraction of sp³-hybridized carbons (Fsp3) is 0.172. The largest absolute Gasteiger partial charge is 0.507 e. The van der Waals surface area contributed by atoms with Gasteiger partial charge in [-0.3, -0.25) is 14.5 Å². The highest BCUT2D eigenvalue weighted by Gasteiger charge is 2.48. The molecule has 4 aromatic rings. The van der Waals surface area contributed by atoms with Crippen molar-refractivity contribution in [2.75, 3.05) is 11.5 Å². The van der Waals surface area contributed by atoms with Crippen LogP contribution in [0.25, 0.3) is 5.76 Å². The minimum Gasteiger partial charge on any atom is -0.507 e. The van der Waals surface area contributed by atoms with Crippen molar-refractivity contribution in [2.24, 2.45) is 0 Å². The Labute approximate surface area is 228 Å². The van der Waals surface area contributed by atoms with Crippen LogP contribution in [0.2, 0.25) is 0 Å². The molecule has 1 aliphatic heterocycles. The number of aryl methyl sites for hydroxylation is 1. The number of ether oxygens (including phenoxy) is 1. The van der Waals surface area contributed by atoms with Gasteiger partial charge >= 0.3 is 5.91 Å². The van der Waals surface area contributed by atoms with Gasteiger partial charge in [-0.1, -0.05) is 95.4 Å². The van der Waals surface area contributed by atoms with Gasteiger partial charge in [0.05, 0.1) is 18.2 Å². The van der Waals surface area contributed by atoms with Crippen LogP contribution >= 0.6 is 23.1 Å². The number of carbonyl (C=O) groups is 2. The number of anilines is 1. The number of benzene rings is 3. The van der Waals surface area contributed by atoms with Gasteiger partial charge in [0.25, 0.3) is 5.78 Å². The zero-order valence-corrected chi connectivity index (χ0v) is 22.5. The average Bonchev–Trinajstić information content (AvgIpc) is 3.50. The second-order valence-electron chi connectivity index (χ2n) is 8.67. The molecule has 0 saturated carbocycles. The number of rotatable bonds is 8. The molecule has 0 radical (unpaired) electrons. The molecular weight excluding hydrogens is 518 g/mol. The average molecular weight is 544 g/mol. The van der Waals surface area contributed by atoms with Gasteiger partial charge in [0.15, 0.2) is 4.34 Å². The van der Waals surface area contributed by atoms with Crippen molar-refractivity contribution >= 4 is 45.7 Å². The van der Waals surface area contributed by atoms with Crippen LogP contribution in [-0.4, -0.2) is 33.6 Å². The van der Waals surface area contributed by atoms with E-state index in [9.17, 15) is 14.7 Å². The normalized spacial score (nSPS) is 16.7. The lowest BCUT2D eigenvalue weighted by molar-refractivity contribution is -0.132. The Morgan fingerprint density at radius 3 is 2.53 bits per heavy atom.